The largest absolute Gasteiger partial charge is 0.360 e. The fourth-order valence-corrected chi connectivity index (χ4v) is 6.33. The number of benzene rings is 2. The lowest BCUT2D eigenvalue weighted by Gasteiger charge is -2.54. The number of rotatable bonds is 2. The van der Waals surface area contributed by atoms with Crippen LogP contribution in [0.1, 0.15) is 42.7 Å². The minimum absolute atomic E-state index is 0.150. The first-order valence-corrected chi connectivity index (χ1v) is 12.1. The van der Waals surface area contributed by atoms with E-state index in [1.807, 2.05) is 30.3 Å². The first-order chi connectivity index (χ1) is 17.2. The van der Waals surface area contributed by atoms with Crippen LogP contribution in [0.2, 0.25) is 0 Å². The third-order valence-corrected chi connectivity index (χ3v) is 7.78. The molecule has 0 amide bonds. The van der Waals surface area contributed by atoms with Crippen LogP contribution in [0.3, 0.4) is 0 Å². The van der Waals surface area contributed by atoms with Crippen molar-refractivity contribution in [3.05, 3.63) is 113 Å². The van der Waals surface area contributed by atoms with Crippen LogP contribution >= 0.6 is 0 Å². The molecule has 2 aromatic carbocycles. The molecule has 0 bridgehead atoms. The Bertz CT molecular complexity index is 1400. The summed E-state index contributed by atoms with van der Waals surface area (Å²) in [4.78, 5) is 15.4. The molecule has 0 radical (unpaired) electrons. The Hall–Kier alpha value is -4.35. The second-order valence-electron chi connectivity index (χ2n) is 9.56. The lowest BCUT2D eigenvalue weighted by atomic mass is 9.66. The molecule has 35 heavy (non-hydrogen) atoms. The van der Waals surface area contributed by atoms with Crippen LogP contribution in [-0.4, -0.2) is 16.3 Å². The lowest BCUT2D eigenvalue weighted by Crippen LogP contribution is -2.60. The van der Waals surface area contributed by atoms with Crippen LogP contribution in [0.15, 0.2) is 101 Å². The van der Waals surface area contributed by atoms with Gasteiger partial charge in [-0.25, -0.2) is 0 Å². The minimum Gasteiger partial charge on any atom is -0.360 e. The summed E-state index contributed by atoms with van der Waals surface area (Å²) in [5, 5.41) is 22.7. The Morgan fingerprint density at radius 3 is 2.37 bits per heavy atom. The molecule has 1 saturated heterocycles. The number of nitrogens with one attached hydrogen (secondary N) is 1. The van der Waals surface area contributed by atoms with Crippen LogP contribution in [0.25, 0.3) is 5.70 Å². The molecule has 4 aliphatic rings. The smallest absolute Gasteiger partial charge is 0.190 e. The average Bonchev–Trinajstić information content (AvgIpc) is 3.22. The Morgan fingerprint density at radius 1 is 0.943 bits per heavy atom. The summed E-state index contributed by atoms with van der Waals surface area (Å²) >= 11 is 0. The van der Waals surface area contributed by atoms with E-state index in [1.54, 1.807) is 12.2 Å². The highest BCUT2D eigenvalue weighted by molar-refractivity contribution is 6.10. The van der Waals surface area contributed by atoms with Crippen molar-refractivity contribution in [1.82, 2.24) is 10.2 Å². The van der Waals surface area contributed by atoms with Gasteiger partial charge in [0.15, 0.2) is 5.78 Å². The fourth-order valence-electron chi connectivity index (χ4n) is 6.33. The second kappa shape index (κ2) is 8.15. The van der Waals surface area contributed by atoms with Crippen LogP contribution in [-0.2, 0) is 4.79 Å². The van der Waals surface area contributed by atoms with Gasteiger partial charge in [0.25, 0.3) is 0 Å². The highest BCUT2D eigenvalue weighted by atomic mass is 16.1. The molecule has 0 unspecified atom stereocenters. The molecule has 1 spiro atoms. The van der Waals surface area contributed by atoms with Gasteiger partial charge in [-0.2, -0.15) is 10.5 Å². The van der Waals surface area contributed by atoms with Gasteiger partial charge in [0.2, 0.25) is 0 Å². The second-order valence-corrected chi connectivity index (χ2v) is 9.56. The Morgan fingerprint density at radius 2 is 1.66 bits per heavy atom. The molecule has 5 nitrogen and oxygen atoms in total. The molecule has 1 N–H and O–H groups in total. The number of carbonyl (C=O) groups is 1. The monoisotopic (exact) mass is 456 g/mol. The molecule has 3 atom stereocenters. The zero-order valence-corrected chi connectivity index (χ0v) is 19.2. The SMILES string of the molecule is N#CC(C#N)=C1C=C2N[C@]34CCCC[C@H]3[C@@H](c3ccccc3)C=C(c3ccccc3)N4C2=CC1=O. The fraction of sp³-hybridized carbons (Fsp3) is 0.233. The third-order valence-electron chi connectivity index (χ3n) is 7.78. The average molecular weight is 457 g/mol. The number of hydrogen-bond donors (Lipinski definition) is 1. The van der Waals surface area contributed by atoms with Gasteiger partial charge in [0.05, 0.1) is 17.0 Å². The van der Waals surface area contributed by atoms with E-state index in [0.717, 1.165) is 48.3 Å². The highest BCUT2D eigenvalue weighted by Crippen LogP contribution is 2.57. The van der Waals surface area contributed by atoms with Crippen LogP contribution < -0.4 is 5.32 Å². The van der Waals surface area contributed by atoms with E-state index in [4.69, 9.17) is 0 Å². The van der Waals surface area contributed by atoms with Crippen molar-refractivity contribution in [2.75, 3.05) is 0 Å². The molecule has 2 aliphatic heterocycles. The van der Waals surface area contributed by atoms with Crippen LogP contribution in [0.5, 0.6) is 0 Å². The van der Waals surface area contributed by atoms with Crippen molar-refractivity contribution in [1.29, 1.82) is 10.5 Å². The molecule has 2 fully saturated rings. The number of carbonyl (C=O) groups excluding carboxylic acids is 1. The summed E-state index contributed by atoms with van der Waals surface area (Å²) in [7, 11) is 0. The zero-order chi connectivity index (χ0) is 24.0. The molecule has 0 aromatic heterocycles. The number of allylic oxidation sites excluding steroid dienone is 5. The predicted octanol–water partition coefficient (Wildman–Crippen LogP) is 5.31. The van der Waals surface area contributed by atoms with Gasteiger partial charge in [-0.1, -0.05) is 73.2 Å². The first-order valence-electron chi connectivity index (χ1n) is 12.1. The molecule has 2 aromatic rings. The molecule has 170 valence electrons. The van der Waals surface area contributed by atoms with Crippen molar-refractivity contribution < 1.29 is 4.79 Å². The molecular weight excluding hydrogens is 432 g/mol. The zero-order valence-electron chi connectivity index (χ0n) is 19.2. The van der Waals surface area contributed by atoms with Gasteiger partial charge in [-0.05, 0) is 36.5 Å². The van der Waals surface area contributed by atoms with Crippen molar-refractivity contribution in [2.45, 2.75) is 37.3 Å². The molecular formula is C30H24N4O. The number of fused-ring (bicyclic) bond motifs is 2. The summed E-state index contributed by atoms with van der Waals surface area (Å²) in [6.07, 6.45) is 9.94. The van der Waals surface area contributed by atoms with E-state index in [2.05, 4.69) is 58.8 Å². The van der Waals surface area contributed by atoms with Gasteiger partial charge in [-0.3, -0.25) is 4.79 Å². The maximum absolute atomic E-state index is 13.1. The van der Waals surface area contributed by atoms with Gasteiger partial charge >= 0.3 is 0 Å². The van der Waals surface area contributed by atoms with Gasteiger partial charge < -0.3 is 10.2 Å². The maximum Gasteiger partial charge on any atom is 0.190 e. The topological polar surface area (TPSA) is 79.9 Å². The summed E-state index contributed by atoms with van der Waals surface area (Å²) in [6, 6.07) is 24.8. The highest BCUT2D eigenvalue weighted by Gasteiger charge is 2.57. The number of nitrogens with zero attached hydrogens (tertiary/aromatic N) is 3. The summed E-state index contributed by atoms with van der Waals surface area (Å²) < 4.78 is 0. The predicted molar refractivity (Wildman–Crippen MR) is 133 cm³/mol. The minimum atomic E-state index is -0.383. The number of nitriles is 2. The molecule has 2 aliphatic carbocycles. The van der Waals surface area contributed by atoms with E-state index in [1.165, 1.54) is 5.56 Å². The standard InChI is InChI=1S/C30H24N4O/c31-18-22(19-32)24-15-26-28(17-29(24)35)34-27(21-11-5-2-6-12-21)16-23(20-9-3-1-4-10-20)25-13-7-8-14-30(25,34)33-26/h1-6,9-12,15-17,23,25,33H,7-8,13-14H2/t23-,25+,30+/m1/s1. The number of hydrogen-bond acceptors (Lipinski definition) is 5. The summed E-state index contributed by atoms with van der Waals surface area (Å²) in [5.41, 5.74) is 4.74. The van der Waals surface area contributed by atoms with E-state index in [-0.39, 0.29) is 28.5 Å². The quantitative estimate of drug-likeness (QED) is 0.489. The molecule has 5 heteroatoms. The first kappa shape index (κ1) is 21.2. The normalized spacial score (nSPS) is 26.6. The Kier molecular flexibility index (Phi) is 4.94. The van der Waals surface area contributed by atoms with Crippen LogP contribution in [0, 0.1) is 28.6 Å². The summed E-state index contributed by atoms with van der Waals surface area (Å²) in [6.45, 7) is 0. The lowest BCUT2D eigenvalue weighted by molar-refractivity contribution is -0.111. The Balaban J connectivity index is 1.59. The maximum atomic E-state index is 13.1. The molecule has 6 rings (SSSR count). The molecule has 2 heterocycles. The van der Waals surface area contributed by atoms with Crippen molar-refractivity contribution in [2.24, 2.45) is 5.92 Å². The van der Waals surface area contributed by atoms with E-state index >= 15 is 0 Å². The van der Waals surface area contributed by atoms with Crippen molar-refractivity contribution in [3.63, 3.8) is 0 Å². The van der Waals surface area contributed by atoms with Crippen molar-refractivity contribution >= 4 is 11.5 Å². The number of ketones is 1. The van der Waals surface area contributed by atoms with Gasteiger partial charge in [0.1, 0.15) is 23.4 Å². The Labute approximate surface area is 205 Å². The summed E-state index contributed by atoms with van der Waals surface area (Å²) in [5.74, 6) is 0.217. The van der Waals surface area contributed by atoms with Crippen molar-refractivity contribution in [3.8, 4) is 12.1 Å². The van der Waals surface area contributed by atoms with E-state index in [9.17, 15) is 15.3 Å². The van der Waals surface area contributed by atoms with Gasteiger partial charge in [0, 0.05) is 23.6 Å². The van der Waals surface area contributed by atoms with Gasteiger partial charge in [-0.15, -0.1) is 0 Å². The molecule has 1 saturated carbocycles. The van der Waals surface area contributed by atoms with E-state index < -0.39 is 0 Å². The van der Waals surface area contributed by atoms with E-state index in [0.29, 0.717) is 5.92 Å². The van der Waals surface area contributed by atoms with Crippen LogP contribution in [0.4, 0.5) is 0 Å². The third kappa shape index (κ3) is 3.16.